The molecule has 0 aliphatic carbocycles. The van der Waals surface area contributed by atoms with Gasteiger partial charge in [0.1, 0.15) is 5.75 Å². The van der Waals surface area contributed by atoms with Crippen molar-refractivity contribution in [2.24, 2.45) is 0 Å². The van der Waals surface area contributed by atoms with Crippen LogP contribution < -0.4 is 9.46 Å². The summed E-state index contributed by atoms with van der Waals surface area (Å²) in [6.45, 7) is 5.56. The van der Waals surface area contributed by atoms with Gasteiger partial charge in [-0.1, -0.05) is 30.0 Å². The Morgan fingerprint density at radius 3 is 2.48 bits per heavy atom. The van der Waals surface area contributed by atoms with Crippen LogP contribution in [0.5, 0.6) is 5.75 Å². The largest absolute Gasteiger partial charge is 0.497 e. The minimum atomic E-state index is -3.71. The molecule has 0 fully saturated rings. The SMILES string of the molecule is CCCSc1nnc(NS(=O)(=O)c2c(C)cc(OC)cc2C)s1. The predicted octanol–water partition coefficient (Wildman–Crippen LogP) is 3.47. The van der Waals surface area contributed by atoms with Gasteiger partial charge >= 0.3 is 0 Å². The van der Waals surface area contributed by atoms with E-state index >= 15 is 0 Å². The maximum absolute atomic E-state index is 12.6. The summed E-state index contributed by atoms with van der Waals surface area (Å²) in [6.07, 6.45) is 1.02. The zero-order chi connectivity index (χ0) is 17.0. The molecule has 0 aliphatic rings. The number of benzene rings is 1. The maximum Gasteiger partial charge on any atom is 0.264 e. The first kappa shape index (κ1) is 18.0. The van der Waals surface area contributed by atoms with Gasteiger partial charge in [0.15, 0.2) is 4.34 Å². The summed E-state index contributed by atoms with van der Waals surface area (Å²) >= 11 is 2.81. The van der Waals surface area contributed by atoms with Crippen LogP contribution in [0, 0.1) is 13.8 Å². The molecule has 1 N–H and O–H groups in total. The molecule has 126 valence electrons. The van der Waals surface area contributed by atoms with Gasteiger partial charge in [0.25, 0.3) is 10.0 Å². The van der Waals surface area contributed by atoms with Gasteiger partial charge in [-0.2, -0.15) is 0 Å². The molecule has 0 amide bonds. The number of nitrogens with zero attached hydrogens (tertiary/aromatic N) is 2. The number of aromatic nitrogens is 2. The Morgan fingerprint density at radius 1 is 1.26 bits per heavy atom. The molecule has 0 radical (unpaired) electrons. The standard InChI is InChI=1S/C14H19N3O3S3/c1-5-6-21-14-16-15-13(22-14)17-23(18,19)12-9(2)7-11(20-4)8-10(12)3/h7-8H,5-6H2,1-4H3,(H,15,17). The highest BCUT2D eigenvalue weighted by molar-refractivity contribution is 8.01. The molecule has 9 heteroatoms. The number of nitrogens with one attached hydrogen (secondary N) is 1. The highest BCUT2D eigenvalue weighted by Crippen LogP contribution is 2.30. The van der Waals surface area contributed by atoms with Gasteiger partial charge in [-0.25, -0.2) is 8.42 Å². The van der Waals surface area contributed by atoms with Gasteiger partial charge in [0.05, 0.1) is 12.0 Å². The van der Waals surface area contributed by atoms with Crippen LogP contribution in [0.1, 0.15) is 24.5 Å². The van der Waals surface area contributed by atoms with E-state index in [9.17, 15) is 8.42 Å². The fourth-order valence-corrected chi connectivity index (χ4v) is 5.48. The summed E-state index contributed by atoms with van der Waals surface area (Å²) in [5, 5.41) is 8.17. The van der Waals surface area contributed by atoms with Gasteiger partial charge in [0, 0.05) is 5.75 Å². The van der Waals surface area contributed by atoms with Gasteiger partial charge in [0.2, 0.25) is 5.13 Å². The molecule has 0 saturated carbocycles. The third kappa shape index (κ3) is 4.36. The second kappa shape index (κ2) is 7.50. The molecule has 2 rings (SSSR count). The number of thioether (sulfide) groups is 1. The summed E-state index contributed by atoms with van der Waals surface area (Å²) in [5.41, 5.74) is 1.25. The Bertz CT molecular complexity index is 765. The molecule has 0 saturated heterocycles. The lowest BCUT2D eigenvalue weighted by Crippen LogP contribution is -2.15. The van der Waals surface area contributed by atoms with Gasteiger partial charge in [-0.3, -0.25) is 4.72 Å². The summed E-state index contributed by atoms with van der Waals surface area (Å²) in [6, 6.07) is 3.40. The second-order valence-electron chi connectivity index (χ2n) is 4.92. The number of hydrogen-bond donors (Lipinski definition) is 1. The molecule has 2 aromatic rings. The van der Waals surface area contributed by atoms with Crippen molar-refractivity contribution in [1.82, 2.24) is 10.2 Å². The summed E-state index contributed by atoms with van der Waals surface area (Å²) in [7, 11) is -2.16. The highest BCUT2D eigenvalue weighted by Gasteiger charge is 2.22. The van der Waals surface area contributed by atoms with Crippen LogP contribution in [0.15, 0.2) is 21.4 Å². The molecule has 0 bridgehead atoms. The van der Waals surface area contributed by atoms with Crippen LogP contribution in [0.25, 0.3) is 0 Å². The van der Waals surface area contributed by atoms with Crippen LogP contribution >= 0.6 is 23.1 Å². The van der Waals surface area contributed by atoms with Crippen molar-refractivity contribution in [2.45, 2.75) is 36.4 Å². The lowest BCUT2D eigenvalue weighted by molar-refractivity contribution is 0.413. The van der Waals surface area contributed by atoms with E-state index in [4.69, 9.17) is 4.74 Å². The van der Waals surface area contributed by atoms with Crippen LogP contribution in [0.2, 0.25) is 0 Å². The Kier molecular flexibility index (Phi) is 5.88. The fourth-order valence-electron chi connectivity index (χ4n) is 2.12. The van der Waals surface area contributed by atoms with Crippen molar-refractivity contribution in [3.05, 3.63) is 23.3 Å². The van der Waals surface area contributed by atoms with Crippen molar-refractivity contribution in [3.63, 3.8) is 0 Å². The molecular formula is C14H19N3O3S3. The lowest BCUT2D eigenvalue weighted by atomic mass is 10.1. The molecule has 0 spiro atoms. The Hall–Kier alpha value is -1.32. The van der Waals surface area contributed by atoms with Crippen molar-refractivity contribution in [3.8, 4) is 5.75 Å². The molecule has 1 aromatic heterocycles. The van der Waals surface area contributed by atoms with Crippen LogP contribution in [-0.4, -0.2) is 31.5 Å². The molecule has 1 heterocycles. The third-order valence-corrected chi connectivity index (χ3v) is 6.95. The fraction of sp³-hybridized carbons (Fsp3) is 0.429. The smallest absolute Gasteiger partial charge is 0.264 e. The highest BCUT2D eigenvalue weighted by atomic mass is 32.2. The van der Waals surface area contributed by atoms with E-state index in [-0.39, 0.29) is 10.0 Å². The zero-order valence-corrected chi connectivity index (χ0v) is 15.9. The maximum atomic E-state index is 12.6. The first-order chi connectivity index (χ1) is 10.9. The molecule has 0 aliphatic heterocycles. The average molecular weight is 374 g/mol. The average Bonchev–Trinajstić information content (AvgIpc) is 2.90. The van der Waals surface area contributed by atoms with E-state index in [1.54, 1.807) is 44.9 Å². The van der Waals surface area contributed by atoms with Crippen molar-refractivity contribution < 1.29 is 13.2 Å². The van der Waals surface area contributed by atoms with E-state index in [1.165, 1.54) is 11.3 Å². The molecule has 0 unspecified atom stereocenters. The molecule has 6 nitrogen and oxygen atoms in total. The summed E-state index contributed by atoms with van der Waals surface area (Å²) in [4.78, 5) is 0.247. The monoisotopic (exact) mass is 373 g/mol. The first-order valence-corrected chi connectivity index (χ1v) is 10.3. The van der Waals surface area contributed by atoms with Crippen LogP contribution in [0.4, 0.5) is 5.13 Å². The van der Waals surface area contributed by atoms with Gasteiger partial charge in [-0.05, 0) is 43.5 Å². The van der Waals surface area contributed by atoms with Crippen LogP contribution in [-0.2, 0) is 10.0 Å². The number of rotatable bonds is 7. The Labute approximate surface area is 144 Å². The second-order valence-corrected chi connectivity index (χ2v) is 8.86. The van der Waals surface area contributed by atoms with Crippen LogP contribution in [0.3, 0.4) is 0 Å². The Balaban J connectivity index is 2.27. The number of methoxy groups -OCH3 is 1. The van der Waals surface area contributed by atoms with E-state index in [1.807, 2.05) is 0 Å². The normalized spacial score (nSPS) is 11.5. The number of ether oxygens (including phenoxy) is 1. The first-order valence-electron chi connectivity index (χ1n) is 7.01. The predicted molar refractivity (Wildman–Crippen MR) is 94.2 cm³/mol. The number of sulfonamides is 1. The van der Waals surface area contributed by atoms with E-state index in [0.717, 1.165) is 16.5 Å². The number of hydrogen-bond acceptors (Lipinski definition) is 7. The minimum absolute atomic E-state index is 0.247. The molecule has 23 heavy (non-hydrogen) atoms. The third-order valence-electron chi connectivity index (χ3n) is 3.00. The molecule has 0 atom stereocenters. The van der Waals surface area contributed by atoms with Crippen molar-refractivity contribution in [2.75, 3.05) is 17.6 Å². The van der Waals surface area contributed by atoms with Crippen molar-refractivity contribution >= 4 is 38.3 Å². The van der Waals surface area contributed by atoms with Gasteiger partial charge < -0.3 is 4.74 Å². The number of anilines is 1. The molecular weight excluding hydrogens is 354 g/mol. The topological polar surface area (TPSA) is 81.2 Å². The minimum Gasteiger partial charge on any atom is -0.497 e. The van der Waals surface area contributed by atoms with E-state index < -0.39 is 10.0 Å². The summed E-state index contributed by atoms with van der Waals surface area (Å²) in [5.74, 6) is 1.56. The quantitative estimate of drug-likeness (QED) is 0.749. The number of aryl methyl sites for hydroxylation is 2. The Morgan fingerprint density at radius 2 is 1.91 bits per heavy atom. The summed E-state index contributed by atoms with van der Waals surface area (Å²) < 4.78 is 33.7. The van der Waals surface area contributed by atoms with Crippen molar-refractivity contribution in [1.29, 1.82) is 0 Å². The zero-order valence-electron chi connectivity index (χ0n) is 13.4. The van der Waals surface area contributed by atoms with E-state index in [0.29, 0.717) is 16.9 Å². The van der Waals surface area contributed by atoms with Gasteiger partial charge in [-0.15, -0.1) is 10.2 Å². The lowest BCUT2D eigenvalue weighted by Gasteiger charge is -2.12. The molecule has 1 aromatic carbocycles. The van der Waals surface area contributed by atoms with E-state index in [2.05, 4.69) is 21.8 Å².